The highest BCUT2D eigenvalue weighted by Crippen LogP contribution is 2.49. The van der Waals surface area contributed by atoms with Gasteiger partial charge in [-0.3, -0.25) is 0 Å². The summed E-state index contributed by atoms with van der Waals surface area (Å²) < 4.78 is 0.337. The smallest absolute Gasteiger partial charge is 0.119 e. The zero-order valence-electron chi connectivity index (χ0n) is 10.4. The molecule has 17 heavy (non-hydrogen) atoms. The Morgan fingerprint density at radius 2 is 1.47 bits per heavy atom. The molecule has 98 valence electrons. The molecule has 1 aliphatic heterocycles. The van der Waals surface area contributed by atoms with Crippen LogP contribution in [0.5, 0.6) is 0 Å². The third-order valence-corrected chi connectivity index (χ3v) is 6.59. The molecule has 1 heterocycles. The lowest BCUT2D eigenvalue weighted by molar-refractivity contribution is -0.108. The molecule has 0 aromatic rings. The third kappa shape index (κ3) is 5.96. The first-order chi connectivity index (χ1) is 8.33. The largest absolute Gasteiger partial charge is 0.303 e. The van der Waals surface area contributed by atoms with Gasteiger partial charge in [0.1, 0.15) is 12.6 Å². The Hall–Kier alpha value is 0.0400. The van der Waals surface area contributed by atoms with Crippen LogP contribution < -0.4 is 0 Å². The van der Waals surface area contributed by atoms with Gasteiger partial charge in [0.25, 0.3) is 0 Å². The molecule has 1 fully saturated rings. The molecule has 0 aromatic heterocycles. The number of hydrogen-bond acceptors (Lipinski definition) is 4. The summed E-state index contributed by atoms with van der Waals surface area (Å²) in [5.74, 6) is 2.50. The molecular weight excluding hydrogens is 252 g/mol. The number of hydrogen-bond donors (Lipinski definition) is 0. The van der Waals surface area contributed by atoms with Gasteiger partial charge in [0.05, 0.1) is 4.08 Å². The lowest BCUT2D eigenvalue weighted by atomic mass is 10.1. The fraction of sp³-hybridized carbons (Fsp3) is 0.846. The van der Waals surface area contributed by atoms with Crippen molar-refractivity contribution >= 4 is 36.1 Å². The summed E-state index contributed by atoms with van der Waals surface area (Å²) in [5.41, 5.74) is 0. The lowest BCUT2D eigenvalue weighted by Gasteiger charge is -2.36. The van der Waals surface area contributed by atoms with Crippen LogP contribution in [0.1, 0.15) is 51.4 Å². The summed E-state index contributed by atoms with van der Waals surface area (Å²) in [7, 11) is 0. The monoisotopic (exact) mass is 274 g/mol. The minimum Gasteiger partial charge on any atom is -0.303 e. The quantitative estimate of drug-likeness (QED) is 0.474. The zero-order chi connectivity index (χ0) is 12.4. The van der Waals surface area contributed by atoms with Crippen molar-refractivity contribution in [3.8, 4) is 0 Å². The van der Waals surface area contributed by atoms with Gasteiger partial charge in [-0.1, -0.05) is 6.42 Å². The highest BCUT2D eigenvalue weighted by atomic mass is 32.2. The van der Waals surface area contributed by atoms with Crippen molar-refractivity contribution in [1.29, 1.82) is 0 Å². The van der Waals surface area contributed by atoms with Crippen LogP contribution in [-0.2, 0) is 9.59 Å². The molecule has 0 radical (unpaired) electrons. The van der Waals surface area contributed by atoms with E-state index in [0.29, 0.717) is 16.9 Å². The van der Waals surface area contributed by atoms with Crippen LogP contribution in [0.15, 0.2) is 0 Å². The van der Waals surface area contributed by atoms with E-state index in [1.807, 2.05) is 0 Å². The summed E-state index contributed by atoms with van der Waals surface area (Å²) in [4.78, 5) is 20.7. The van der Waals surface area contributed by atoms with E-state index in [-0.39, 0.29) is 0 Å². The molecule has 2 nitrogen and oxygen atoms in total. The number of rotatable bonds is 9. The second kappa shape index (κ2) is 9.03. The summed E-state index contributed by atoms with van der Waals surface area (Å²) in [6.45, 7) is 0. The van der Waals surface area contributed by atoms with Crippen molar-refractivity contribution in [2.45, 2.75) is 55.4 Å². The number of carbonyl (C=O) groups is 2. The summed E-state index contributed by atoms with van der Waals surface area (Å²) in [6.07, 6.45) is 10.2. The SMILES string of the molecule is O=CCCCCC1(CCCC=O)SCCCS1. The molecular formula is C13H22O2S2. The van der Waals surface area contributed by atoms with E-state index in [4.69, 9.17) is 0 Å². The van der Waals surface area contributed by atoms with Crippen LogP contribution in [0, 0.1) is 0 Å². The van der Waals surface area contributed by atoms with E-state index < -0.39 is 0 Å². The average molecular weight is 274 g/mol. The molecule has 1 aliphatic rings. The number of aldehydes is 2. The highest BCUT2D eigenvalue weighted by Gasteiger charge is 2.32. The van der Waals surface area contributed by atoms with Gasteiger partial charge in [-0.25, -0.2) is 0 Å². The standard InChI is InChI=1S/C13H22O2S2/c14-9-4-1-2-7-13(8-3-5-10-15)16-11-6-12-17-13/h9-10H,1-8,11-12H2. The van der Waals surface area contributed by atoms with Gasteiger partial charge >= 0.3 is 0 Å². The van der Waals surface area contributed by atoms with Crippen LogP contribution in [0.4, 0.5) is 0 Å². The van der Waals surface area contributed by atoms with Crippen LogP contribution >= 0.6 is 23.5 Å². The predicted octanol–water partition coefficient (Wildman–Crippen LogP) is 3.68. The fourth-order valence-corrected chi connectivity index (χ4v) is 5.60. The van der Waals surface area contributed by atoms with Crippen LogP contribution in [0.3, 0.4) is 0 Å². The Morgan fingerprint density at radius 3 is 2.12 bits per heavy atom. The van der Waals surface area contributed by atoms with Crippen molar-refractivity contribution in [2.24, 2.45) is 0 Å². The van der Waals surface area contributed by atoms with Gasteiger partial charge in [0, 0.05) is 12.8 Å². The molecule has 0 atom stereocenters. The third-order valence-electron chi connectivity index (χ3n) is 3.03. The molecule has 1 rings (SSSR count). The van der Waals surface area contributed by atoms with Crippen molar-refractivity contribution in [3.63, 3.8) is 0 Å². The Labute approximate surface area is 113 Å². The maximum atomic E-state index is 10.4. The average Bonchev–Trinajstić information content (AvgIpc) is 2.36. The van der Waals surface area contributed by atoms with Gasteiger partial charge in [-0.05, 0) is 43.6 Å². The van der Waals surface area contributed by atoms with Gasteiger partial charge in [-0.2, -0.15) is 0 Å². The van der Waals surface area contributed by atoms with Gasteiger partial charge < -0.3 is 9.59 Å². The van der Waals surface area contributed by atoms with Crippen LogP contribution in [0.2, 0.25) is 0 Å². The molecule has 0 unspecified atom stereocenters. The minimum atomic E-state index is 0.337. The van der Waals surface area contributed by atoms with E-state index in [1.165, 1.54) is 24.3 Å². The zero-order valence-corrected chi connectivity index (χ0v) is 12.0. The van der Waals surface area contributed by atoms with Crippen molar-refractivity contribution < 1.29 is 9.59 Å². The van der Waals surface area contributed by atoms with E-state index in [0.717, 1.165) is 38.3 Å². The van der Waals surface area contributed by atoms with Crippen molar-refractivity contribution in [3.05, 3.63) is 0 Å². The number of carbonyl (C=O) groups excluding carboxylic acids is 2. The Morgan fingerprint density at radius 1 is 0.882 bits per heavy atom. The molecule has 0 N–H and O–H groups in total. The Balaban J connectivity index is 2.34. The van der Waals surface area contributed by atoms with E-state index in [1.54, 1.807) is 0 Å². The van der Waals surface area contributed by atoms with Crippen molar-refractivity contribution in [1.82, 2.24) is 0 Å². The highest BCUT2D eigenvalue weighted by molar-refractivity contribution is 8.18. The molecule has 0 aromatic carbocycles. The second-order valence-corrected chi connectivity index (χ2v) is 7.65. The van der Waals surface area contributed by atoms with Gasteiger partial charge in [0.15, 0.2) is 0 Å². The fourth-order valence-electron chi connectivity index (χ4n) is 2.11. The van der Waals surface area contributed by atoms with E-state index in [2.05, 4.69) is 23.5 Å². The molecule has 0 aliphatic carbocycles. The molecule has 0 amide bonds. The molecule has 0 bridgehead atoms. The Kier molecular flexibility index (Phi) is 8.02. The normalized spacial score (nSPS) is 18.8. The van der Waals surface area contributed by atoms with Crippen LogP contribution in [-0.4, -0.2) is 28.2 Å². The molecule has 4 heteroatoms. The minimum absolute atomic E-state index is 0.337. The van der Waals surface area contributed by atoms with Gasteiger partial charge in [-0.15, -0.1) is 23.5 Å². The lowest BCUT2D eigenvalue weighted by Crippen LogP contribution is -2.25. The maximum absolute atomic E-state index is 10.4. The number of unbranched alkanes of at least 4 members (excludes halogenated alkanes) is 3. The van der Waals surface area contributed by atoms with E-state index >= 15 is 0 Å². The van der Waals surface area contributed by atoms with Crippen LogP contribution in [0.25, 0.3) is 0 Å². The summed E-state index contributed by atoms with van der Waals surface area (Å²) in [5, 5.41) is 0. The molecule has 1 saturated heterocycles. The summed E-state index contributed by atoms with van der Waals surface area (Å²) in [6, 6.07) is 0. The predicted molar refractivity (Wildman–Crippen MR) is 76.7 cm³/mol. The number of thioether (sulfide) groups is 2. The first-order valence-corrected chi connectivity index (χ1v) is 8.45. The van der Waals surface area contributed by atoms with E-state index in [9.17, 15) is 9.59 Å². The maximum Gasteiger partial charge on any atom is 0.119 e. The first kappa shape index (κ1) is 15.1. The molecule has 0 saturated carbocycles. The summed E-state index contributed by atoms with van der Waals surface area (Å²) >= 11 is 4.16. The van der Waals surface area contributed by atoms with Crippen molar-refractivity contribution in [2.75, 3.05) is 11.5 Å². The first-order valence-electron chi connectivity index (χ1n) is 6.48. The topological polar surface area (TPSA) is 34.1 Å². The van der Waals surface area contributed by atoms with Gasteiger partial charge in [0.2, 0.25) is 0 Å². The second-order valence-electron chi connectivity index (χ2n) is 4.43. The Bertz CT molecular complexity index is 225. The molecule has 0 spiro atoms.